The molecule has 0 fully saturated rings. The second-order valence-corrected chi connectivity index (χ2v) is 6.75. The van der Waals surface area contributed by atoms with E-state index in [1.54, 1.807) is 31.2 Å². The van der Waals surface area contributed by atoms with Gasteiger partial charge in [0.1, 0.15) is 10.0 Å². The summed E-state index contributed by atoms with van der Waals surface area (Å²) in [7, 11) is -3.64. The Kier molecular flexibility index (Phi) is 4.65. The van der Waals surface area contributed by atoms with Crippen LogP contribution in [0, 0.1) is 0 Å². The Morgan fingerprint density at radius 1 is 1.10 bits per heavy atom. The molecule has 0 aliphatic carbocycles. The standard InChI is InChI=1S/C13H12Cl2N2O2S/c1-9(10-2-4-11(14)5-3-10)17-20(18,19)12-6-7-13(15)16-8-12/h2-9,17H,1H3. The van der Waals surface area contributed by atoms with Crippen molar-refractivity contribution in [3.05, 3.63) is 58.3 Å². The van der Waals surface area contributed by atoms with Gasteiger partial charge < -0.3 is 0 Å². The smallest absolute Gasteiger partial charge is 0.242 e. The molecule has 0 saturated carbocycles. The predicted molar refractivity (Wildman–Crippen MR) is 79.4 cm³/mol. The Balaban J connectivity index is 2.19. The molecule has 7 heteroatoms. The predicted octanol–water partition coefficient (Wildman–Crippen LogP) is 3.43. The Hall–Kier alpha value is -1.14. The van der Waals surface area contributed by atoms with Gasteiger partial charge in [-0.3, -0.25) is 0 Å². The molecule has 1 unspecified atom stereocenters. The number of nitrogens with zero attached hydrogens (tertiary/aromatic N) is 1. The van der Waals surface area contributed by atoms with Crippen LogP contribution < -0.4 is 4.72 Å². The van der Waals surface area contributed by atoms with Gasteiger partial charge in [-0.15, -0.1) is 0 Å². The number of hydrogen-bond acceptors (Lipinski definition) is 3. The number of nitrogens with one attached hydrogen (secondary N) is 1. The molecule has 0 radical (unpaired) electrons. The molecule has 20 heavy (non-hydrogen) atoms. The summed E-state index contributed by atoms with van der Waals surface area (Å²) in [5.74, 6) is 0. The third-order valence-electron chi connectivity index (χ3n) is 2.71. The molecule has 1 N–H and O–H groups in total. The summed E-state index contributed by atoms with van der Waals surface area (Å²) in [4.78, 5) is 3.84. The number of aromatic nitrogens is 1. The van der Waals surface area contributed by atoms with Gasteiger partial charge in [0, 0.05) is 17.3 Å². The van der Waals surface area contributed by atoms with Crippen LogP contribution in [-0.4, -0.2) is 13.4 Å². The van der Waals surface area contributed by atoms with Crippen LogP contribution in [0.3, 0.4) is 0 Å². The summed E-state index contributed by atoms with van der Waals surface area (Å²) in [5.41, 5.74) is 0.819. The average molecular weight is 331 g/mol. The quantitative estimate of drug-likeness (QED) is 0.873. The van der Waals surface area contributed by atoms with E-state index in [9.17, 15) is 8.42 Å². The van der Waals surface area contributed by atoms with Crippen LogP contribution in [0.1, 0.15) is 18.5 Å². The molecule has 0 aliphatic heterocycles. The van der Waals surface area contributed by atoms with Gasteiger partial charge in [-0.05, 0) is 36.8 Å². The van der Waals surface area contributed by atoms with E-state index in [-0.39, 0.29) is 16.1 Å². The fourth-order valence-corrected chi connectivity index (χ4v) is 3.06. The minimum absolute atomic E-state index is 0.0720. The maximum absolute atomic E-state index is 12.2. The first-order chi connectivity index (χ1) is 9.38. The Bertz CT molecular complexity index is 685. The molecule has 0 amide bonds. The second kappa shape index (κ2) is 6.10. The van der Waals surface area contributed by atoms with Crippen LogP contribution in [-0.2, 0) is 10.0 Å². The average Bonchev–Trinajstić information content (AvgIpc) is 2.39. The zero-order chi connectivity index (χ0) is 14.8. The van der Waals surface area contributed by atoms with Crippen molar-refractivity contribution in [2.75, 3.05) is 0 Å². The lowest BCUT2D eigenvalue weighted by molar-refractivity contribution is 0.566. The summed E-state index contributed by atoms with van der Waals surface area (Å²) in [6.07, 6.45) is 1.22. The fourth-order valence-electron chi connectivity index (χ4n) is 1.64. The Morgan fingerprint density at radius 2 is 1.75 bits per heavy atom. The largest absolute Gasteiger partial charge is 0.243 e. The molecule has 0 saturated heterocycles. The van der Waals surface area contributed by atoms with E-state index >= 15 is 0 Å². The van der Waals surface area contributed by atoms with Crippen molar-refractivity contribution in [3.63, 3.8) is 0 Å². The van der Waals surface area contributed by atoms with Gasteiger partial charge in [0.15, 0.2) is 0 Å². The highest BCUT2D eigenvalue weighted by Crippen LogP contribution is 2.19. The van der Waals surface area contributed by atoms with Crippen molar-refractivity contribution in [3.8, 4) is 0 Å². The first kappa shape index (κ1) is 15.3. The highest BCUT2D eigenvalue weighted by Gasteiger charge is 2.18. The topological polar surface area (TPSA) is 59.1 Å². The van der Waals surface area contributed by atoms with Gasteiger partial charge in [-0.25, -0.2) is 18.1 Å². The first-order valence-electron chi connectivity index (χ1n) is 5.78. The number of halogens is 2. The molecule has 4 nitrogen and oxygen atoms in total. The second-order valence-electron chi connectivity index (χ2n) is 4.21. The zero-order valence-corrected chi connectivity index (χ0v) is 12.9. The molecule has 1 aromatic heterocycles. The lowest BCUT2D eigenvalue weighted by atomic mass is 10.1. The van der Waals surface area contributed by atoms with E-state index < -0.39 is 10.0 Å². The molecule has 1 atom stereocenters. The Labute approximate surface area is 127 Å². The number of sulfonamides is 1. The van der Waals surface area contributed by atoms with Crippen molar-refractivity contribution >= 4 is 33.2 Å². The van der Waals surface area contributed by atoms with E-state index in [2.05, 4.69) is 9.71 Å². The van der Waals surface area contributed by atoms with Crippen molar-refractivity contribution < 1.29 is 8.42 Å². The van der Waals surface area contributed by atoms with Crippen molar-refractivity contribution in [2.24, 2.45) is 0 Å². The zero-order valence-electron chi connectivity index (χ0n) is 10.5. The van der Waals surface area contributed by atoms with Gasteiger partial charge in [-0.1, -0.05) is 35.3 Å². The highest BCUT2D eigenvalue weighted by molar-refractivity contribution is 7.89. The van der Waals surface area contributed by atoms with Crippen LogP contribution in [0.25, 0.3) is 0 Å². The third kappa shape index (κ3) is 3.70. The van der Waals surface area contributed by atoms with E-state index in [1.807, 2.05) is 0 Å². The van der Waals surface area contributed by atoms with Gasteiger partial charge >= 0.3 is 0 Å². The summed E-state index contributed by atoms with van der Waals surface area (Å²) in [6.45, 7) is 1.75. The molecule has 0 bridgehead atoms. The Morgan fingerprint density at radius 3 is 2.30 bits per heavy atom. The minimum Gasteiger partial charge on any atom is -0.243 e. The van der Waals surface area contributed by atoms with Crippen LogP contribution in [0.2, 0.25) is 10.2 Å². The highest BCUT2D eigenvalue weighted by atomic mass is 35.5. The lowest BCUT2D eigenvalue weighted by Crippen LogP contribution is -2.26. The number of benzene rings is 1. The molecular weight excluding hydrogens is 319 g/mol. The molecule has 2 rings (SSSR count). The SMILES string of the molecule is CC(NS(=O)(=O)c1ccc(Cl)nc1)c1ccc(Cl)cc1. The molecule has 1 heterocycles. The summed E-state index contributed by atoms with van der Waals surface area (Å²) in [5, 5.41) is 0.848. The molecular formula is C13H12Cl2N2O2S. The van der Waals surface area contributed by atoms with Crippen molar-refractivity contribution in [1.29, 1.82) is 0 Å². The summed E-state index contributed by atoms with van der Waals surface area (Å²) >= 11 is 11.4. The molecule has 106 valence electrons. The maximum atomic E-state index is 12.2. The van der Waals surface area contributed by atoms with Crippen LogP contribution in [0.4, 0.5) is 0 Å². The van der Waals surface area contributed by atoms with Gasteiger partial charge in [0.2, 0.25) is 10.0 Å². The number of pyridine rings is 1. The van der Waals surface area contributed by atoms with Crippen molar-refractivity contribution in [1.82, 2.24) is 9.71 Å². The van der Waals surface area contributed by atoms with Gasteiger partial charge in [0.25, 0.3) is 0 Å². The minimum atomic E-state index is -3.64. The monoisotopic (exact) mass is 330 g/mol. The van der Waals surface area contributed by atoms with E-state index in [0.717, 1.165) is 5.56 Å². The van der Waals surface area contributed by atoms with Gasteiger partial charge in [0.05, 0.1) is 0 Å². The first-order valence-corrected chi connectivity index (χ1v) is 8.02. The molecule has 2 aromatic rings. The normalized spacial score (nSPS) is 13.2. The molecule has 0 spiro atoms. The fraction of sp³-hybridized carbons (Fsp3) is 0.154. The van der Waals surface area contributed by atoms with E-state index in [0.29, 0.717) is 5.02 Å². The van der Waals surface area contributed by atoms with Crippen molar-refractivity contribution in [2.45, 2.75) is 17.9 Å². The third-order valence-corrected chi connectivity index (χ3v) is 4.71. The van der Waals surface area contributed by atoms with Crippen LogP contribution in [0.15, 0.2) is 47.5 Å². The number of rotatable bonds is 4. The van der Waals surface area contributed by atoms with E-state index in [4.69, 9.17) is 23.2 Å². The number of hydrogen-bond donors (Lipinski definition) is 1. The van der Waals surface area contributed by atoms with Crippen LogP contribution >= 0.6 is 23.2 Å². The summed E-state index contributed by atoms with van der Waals surface area (Å²) < 4.78 is 26.9. The van der Waals surface area contributed by atoms with E-state index in [1.165, 1.54) is 18.3 Å². The van der Waals surface area contributed by atoms with Crippen LogP contribution in [0.5, 0.6) is 0 Å². The lowest BCUT2D eigenvalue weighted by Gasteiger charge is -2.14. The molecule has 0 aliphatic rings. The van der Waals surface area contributed by atoms with Gasteiger partial charge in [-0.2, -0.15) is 0 Å². The molecule has 1 aromatic carbocycles. The maximum Gasteiger partial charge on any atom is 0.242 e. The summed E-state index contributed by atoms with van der Waals surface area (Å²) in [6, 6.07) is 9.44.